The van der Waals surface area contributed by atoms with E-state index >= 15 is 0 Å². The number of hydrogen-bond acceptors (Lipinski definition) is 2. The monoisotopic (exact) mass is 273 g/mol. The number of thiazole rings is 1. The molecule has 1 aromatic carbocycles. The fraction of sp³-hybridized carbons (Fsp3) is 0.333. The topological polar surface area (TPSA) is 15.9 Å². The van der Waals surface area contributed by atoms with Crippen LogP contribution < -0.4 is 0 Å². The molecule has 6 heteroatoms. The van der Waals surface area contributed by atoms with Crippen molar-refractivity contribution in [2.45, 2.75) is 12.6 Å². The molecule has 96 valence electrons. The molecule has 0 saturated heterocycles. The summed E-state index contributed by atoms with van der Waals surface area (Å²) in [5.41, 5.74) is -0.236. The van der Waals surface area contributed by atoms with Crippen LogP contribution >= 0.6 is 11.3 Å². The Labute approximate surface area is 106 Å². The van der Waals surface area contributed by atoms with E-state index in [1.165, 1.54) is 17.4 Å². The van der Waals surface area contributed by atoms with E-state index in [0.29, 0.717) is 11.9 Å². The van der Waals surface area contributed by atoms with E-state index in [1.807, 2.05) is 24.9 Å². The first kappa shape index (κ1) is 13.0. The van der Waals surface area contributed by atoms with Crippen molar-refractivity contribution in [3.63, 3.8) is 0 Å². The Morgan fingerprint density at radius 1 is 1.33 bits per heavy atom. The van der Waals surface area contributed by atoms with Crippen molar-refractivity contribution in [3.05, 3.63) is 28.8 Å². The van der Waals surface area contributed by atoms with Gasteiger partial charge in [0, 0.05) is 0 Å². The van der Waals surface area contributed by atoms with Gasteiger partial charge in [-0.1, -0.05) is 0 Å². The van der Waals surface area contributed by atoms with E-state index in [1.54, 1.807) is 0 Å². The molecule has 0 aliphatic heterocycles. The van der Waals surface area contributed by atoms with Crippen molar-refractivity contribution in [3.8, 4) is 0 Å². The van der Waals surface area contributed by atoms with Crippen LogP contribution in [0.25, 0.3) is 10.2 Å². The highest BCUT2D eigenvalue weighted by Crippen LogP contribution is 2.32. The molecule has 0 saturated carbocycles. The van der Waals surface area contributed by atoms with Crippen LogP contribution in [0.2, 0.25) is 0 Å². The Morgan fingerprint density at radius 2 is 2.06 bits per heavy atom. The van der Waals surface area contributed by atoms with Gasteiger partial charge >= 0.3 is 6.18 Å². The van der Waals surface area contributed by atoms with Gasteiger partial charge in [-0.05, 0) is 18.2 Å². The third-order valence-electron chi connectivity index (χ3n) is 2.39. The van der Waals surface area contributed by atoms with Crippen molar-refractivity contribution in [1.29, 1.82) is 0 Å². The zero-order valence-electron chi connectivity index (χ0n) is 9.95. The second kappa shape index (κ2) is 4.68. The van der Waals surface area contributed by atoms with Crippen LogP contribution in [0.1, 0.15) is 10.6 Å². The predicted molar refractivity (Wildman–Crippen MR) is 66.5 cm³/mol. The molecule has 0 atom stereocenters. The SMILES string of the molecule is C[N+](C)=CCc1nc2cc(C(F)(F)F)ccc2s1. The van der Waals surface area contributed by atoms with Crippen LogP contribution in [0.5, 0.6) is 0 Å². The van der Waals surface area contributed by atoms with E-state index in [9.17, 15) is 13.2 Å². The smallest absolute Gasteiger partial charge is 0.245 e. The normalized spacial score (nSPS) is 11.8. The molecule has 1 aromatic heterocycles. The van der Waals surface area contributed by atoms with Crippen molar-refractivity contribution in [2.24, 2.45) is 0 Å². The molecule has 0 radical (unpaired) electrons. The summed E-state index contributed by atoms with van der Waals surface area (Å²) < 4.78 is 40.3. The summed E-state index contributed by atoms with van der Waals surface area (Å²) in [6, 6.07) is 3.68. The zero-order valence-corrected chi connectivity index (χ0v) is 10.8. The zero-order chi connectivity index (χ0) is 13.3. The number of nitrogens with zero attached hydrogens (tertiary/aromatic N) is 2. The standard InChI is InChI=1S/C12H12F3N2S/c1-17(2)6-5-11-16-9-7-8(12(13,14)15)3-4-10(9)18-11/h3-4,6-7H,5H2,1-2H3/q+1. The van der Waals surface area contributed by atoms with E-state index in [0.717, 1.165) is 21.8 Å². The minimum absolute atomic E-state index is 0.414. The van der Waals surface area contributed by atoms with Crippen molar-refractivity contribution < 1.29 is 17.7 Å². The van der Waals surface area contributed by atoms with Crippen LogP contribution in [-0.4, -0.2) is 29.9 Å². The largest absolute Gasteiger partial charge is 0.416 e. The minimum atomic E-state index is -4.31. The summed E-state index contributed by atoms with van der Waals surface area (Å²) in [6.45, 7) is 0. The van der Waals surface area contributed by atoms with E-state index < -0.39 is 11.7 Å². The predicted octanol–water partition coefficient (Wildman–Crippen LogP) is 3.20. The average molecular weight is 273 g/mol. The lowest BCUT2D eigenvalue weighted by molar-refractivity contribution is -0.460. The number of halogens is 3. The summed E-state index contributed by atoms with van der Waals surface area (Å²) in [5, 5.41) is 0.818. The quantitative estimate of drug-likeness (QED) is 0.606. The summed E-state index contributed by atoms with van der Waals surface area (Å²) >= 11 is 1.42. The van der Waals surface area contributed by atoms with E-state index in [2.05, 4.69) is 4.98 Å². The number of rotatable bonds is 2. The molecule has 0 spiro atoms. The van der Waals surface area contributed by atoms with Crippen LogP contribution in [0.3, 0.4) is 0 Å². The van der Waals surface area contributed by atoms with Crippen LogP contribution in [0, 0.1) is 0 Å². The second-order valence-electron chi connectivity index (χ2n) is 4.14. The maximum atomic E-state index is 12.5. The Bertz CT molecular complexity index is 595. The lowest BCUT2D eigenvalue weighted by Gasteiger charge is -2.04. The molecule has 0 fully saturated rings. The molecule has 0 unspecified atom stereocenters. The Hall–Kier alpha value is -1.43. The third-order valence-corrected chi connectivity index (χ3v) is 3.45. The highest BCUT2D eigenvalue weighted by Gasteiger charge is 2.30. The Balaban J connectivity index is 2.37. The molecule has 0 N–H and O–H groups in total. The van der Waals surface area contributed by atoms with Gasteiger partial charge in [0.2, 0.25) is 0 Å². The molecular formula is C12H12F3N2S+. The fourth-order valence-corrected chi connectivity index (χ4v) is 2.40. The van der Waals surface area contributed by atoms with Crippen molar-refractivity contribution >= 4 is 27.8 Å². The van der Waals surface area contributed by atoms with Gasteiger partial charge in [0.05, 0.1) is 22.2 Å². The van der Waals surface area contributed by atoms with Crippen molar-refractivity contribution in [1.82, 2.24) is 4.98 Å². The Morgan fingerprint density at radius 3 is 2.67 bits per heavy atom. The van der Waals surface area contributed by atoms with E-state index in [-0.39, 0.29) is 0 Å². The molecule has 1 heterocycles. The molecule has 2 aromatic rings. The molecule has 18 heavy (non-hydrogen) atoms. The molecule has 2 nitrogen and oxygen atoms in total. The molecular weight excluding hydrogens is 261 g/mol. The average Bonchev–Trinajstić information content (AvgIpc) is 2.66. The van der Waals surface area contributed by atoms with Gasteiger partial charge in [-0.25, -0.2) is 9.56 Å². The van der Waals surface area contributed by atoms with Gasteiger partial charge in [0.1, 0.15) is 25.3 Å². The third kappa shape index (κ3) is 2.87. The summed E-state index contributed by atoms with van der Waals surface area (Å²) in [5.74, 6) is 0. The van der Waals surface area contributed by atoms with Gasteiger partial charge in [0.15, 0.2) is 0 Å². The first-order valence-corrected chi connectivity index (χ1v) is 6.14. The van der Waals surface area contributed by atoms with Crippen LogP contribution in [-0.2, 0) is 12.6 Å². The van der Waals surface area contributed by atoms with Gasteiger partial charge in [-0.15, -0.1) is 11.3 Å². The lowest BCUT2D eigenvalue weighted by atomic mass is 10.2. The summed E-state index contributed by atoms with van der Waals surface area (Å²) in [4.78, 5) is 4.22. The second-order valence-corrected chi connectivity index (χ2v) is 5.25. The first-order chi connectivity index (χ1) is 8.36. The van der Waals surface area contributed by atoms with Gasteiger partial charge in [-0.2, -0.15) is 13.2 Å². The number of alkyl halides is 3. The van der Waals surface area contributed by atoms with Gasteiger partial charge < -0.3 is 0 Å². The first-order valence-electron chi connectivity index (χ1n) is 5.32. The van der Waals surface area contributed by atoms with Crippen LogP contribution in [0.15, 0.2) is 18.2 Å². The number of aromatic nitrogens is 1. The van der Waals surface area contributed by atoms with Crippen LogP contribution in [0.4, 0.5) is 13.2 Å². The summed E-state index contributed by atoms with van der Waals surface area (Å²) in [7, 11) is 3.80. The summed E-state index contributed by atoms with van der Waals surface area (Å²) in [6.07, 6.45) is -1.75. The molecule has 2 rings (SSSR count). The number of hydrogen-bond donors (Lipinski definition) is 0. The minimum Gasteiger partial charge on any atom is -0.245 e. The molecule has 0 amide bonds. The molecule has 0 aliphatic carbocycles. The van der Waals surface area contributed by atoms with E-state index in [4.69, 9.17) is 0 Å². The van der Waals surface area contributed by atoms with Gasteiger partial charge in [-0.3, -0.25) is 0 Å². The maximum Gasteiger partial charge on any atom is 0.416 e. The molecule has 0 bridgehead atoms. The fourth-order valence-electron chi connectivity index (χ4n) is 1.50. The highest BCUT2D eigenvalue weighted by atomic mass is 32.1. The maximum absolute atomic E-state index is 12.5. The molecule has 0 aliphatic rings. The highest BCUT2D eigenvalue weighted by molar-refractivity contribution is 7.18. The lowest BCUT2D eigenvalue weighted by Crippen LogP contribution is -2.04. The number of fused-ring (bicyclic) bond motifs is 1. The number of benzene rings is 1. The van der Waals surface area contributed by atoms with Gasteiger partial charge in [0.25, 0.3) is 0 Å². The van der Waals surface area contributed by atoms with Crippen molar-refractivity contribution in [2.75, 3.05) is 14.1 Å². The Kier molecular flexibility index (Phi) is 3.38.